The van der Waals surface area contributed by atoms with Gasteiger partial charge >= 0.3 is 0 Å². The van der Waals surface area contributed by atoms with Gasteiger partial charge in [-0.1, -0.05) is 0 Å². The van der Waals surface area contributed by atoms with Crippen molar-refractivity contribution in [1.82, 2.24) is 15.1 Å². The Kier molecular flexibility index (Phi) is 2.36. The molecule has 1 fully saturated rings. The quantitative estimate of drug-likeness (QED) is 0.740. The van der Waals surface area contributed by atoms with Crippen LogP contribution < -0.4 is 11.1 Å². The third-order valence-electron chi connectivity index (χ3n) is 3.23. The van der Waals surface area contributed by atoms with Gasteiger partial charge in [-0.05, 0) is 25.1 Å². The number of nitrogen functional groups attached to an aromatic ring is 1. The molecule has 82 valence electrons. The van der Waals surface area contributed by atoms with Gasteiger partial charge in [-0.15, -0.1) is 0 Å². The summed E-state index contributed by atoms with van der Waals surface area (Å²) in [6.45, 7) is 1.91. The van der Waals surface area contributed by atoms with Gasteiger partial charge in [0.25, 0.3) is 0 Å². The van der Waals surface area contributed by atoms with Crippen LogP contribution in [0.3, 0.4) is 0 Å². The van der Waals surface area contributed by atoms with Crippen LogP contribution in [0.15, 0.2) is 0 Å². The van der Waals surface area contributed by atoms with E-state index in [-0.39, 0.29) is 0 Å². The minimum Gasteiger partial charge on any atom is -0.384 e. The maximum atomic E-state index is 6.17. The number of fused-ring (bicyclic) bond motifs is 1. The molecule has 2 aliphatic heterocycles. The third-order valence-corrected chi connectivity index (χ3v) is 4.37. The molecule has 0 amide bonds. The Hall–Kier alpha value is -0.680. The summed E-state index contributed by atoms with van der Waals surface area (Å²) < 4.78 is 2.07. The molecule has 3 N–H and O–H groups in total. The van der Waals surface area contributed by atoms with Crippen LogP contribution in [0.2, 0.25) is 0 Å². The summed E-state index contributed by atoms with van der Waals surface area (Å²) in [5.74, 6) is 3.32. The number of thioether (sulfide) groups is 1. The van der Waals surface area contributed by atoms with Crippen LogP contribution in [0.4, 0.5) is 5.82 Å². The molecule has 1 aromatic rings. The highest BCUT2D eigenvalue weighted by molar-refractivity contribution is 7.99. The van der Waals surface area contributed by atoms with Crippen molar-refractivity contribution in [3.05, 3.63) is 11.3 Å². The summed E-state index contributed by atoms with van der Waals surface area (Å²) in [4.78, 5) is 0. The molecular weight excluding hydrogens is 208 g/mol. The first kappa shape index (κ1) is 9.54. The molecule has 4 nitrogen and oxygen atoms in total. The van der Waals surface area contributed by atoms with Crippen LogP contribution in [0.5, 0.6) is 0 Å². The van der Waals surface area contributed by atoms with Gasteiger partial charge in [-0.2, -0.15) is 16.9 Å². The van der Waals surface area contributed by atoms with Crippen LogP contribution in [0, 0.1) is 0 Å². The predicted molar refractivity (Wildman–Crippen MR) is 63.0 cm³/mol. The van der Waals surface area contributed by atoms with Crippen molar-refractivity contribution >= 4 is 17.6 Å². The molecule has 15 heavy (non-hydrogen) atoms. The van der Waals surface area contributed by atoms with E-state index < -0.39 is 0 Å². The highest BCUT2D eigenvalue weighted by Gasteiger charge is 2.25. The number of hydrogen-bond acceptors (Lipinski definition) is 4. The molecule has 0 radical (unpaired) electrons. The molecule has 3 rings (SSSR count). The predicted octanol–water partition coefficient (Wildman–Crippen LogP) is 0.789. The fraction of sp³-hybridized carbons (Fsp3) is 0.700. The van der Waals surface area contributed by atoms with Gasteiger partial charge in [0.2, 0.25) is 0 Å². The lowest BCUT2D eigenvalue weighted by atomic mass is 10.1. The van der Waals surface area contributed by atoms with E-state index in [2.05, 4.69) is 15.1 Å². The minimum absolute atomic E-state index is 0.528. The topological polar surface area (TPSA) is 55.9 Å². The van der Waals surface area contributed by atoms with Gasteiger partial charge in [-0.3, -0.25) is 0 Å². The van der Waals surface area contributed by atoms with Crippen LogP contribution >= 0.6 is 11.8 Å². The van der Waals surface area contributed by atoms with Crippen molar-refractivity contribution in [2.24, 2.45) is 0 Å². The van der Waals surface area contributed by atoms with E-state index in [1.165, 1.54) is 17.7 Å². The highest BCUT2D eigenvalue weighted by atomic mass is 32.2. The molecule has 1 unspecified atom stereocenters. The second kappa shape index (κ2) is 3.72. The van der Waals surface area contributed by atoms with Crippen LogP contribution in [-0.2, 0) is 13.0 Å². The lowest BCUT2D eigenvalue weighted by Crippen LogP contribution is -2.23. The van der Waals surface area contributed by atoms with Crippen LogP contribution in [-0.4, -0.2) is 27.8 Å². The largest absolute Gasteiger partial charge is 0.384 e. The molecule has 3 heterocycles. The molecule has 0 bridgehead atoms. The number of hydrogen-bond donors (Lipinski definition) is 2. The summed E-state index contributed by atoms with van der Waals surface area (Å²) >= 11 is 2.00. The van der Waals surface area contributed by atoms with Crippen molar-refractivity contribution in [2.75, 3.05) is 23.8 Å². The first-order chi connectivity index (χ1) is 7.36. The standard InChI is InChI=1S/C10H16N4S/c11-10-8-1-3-12-5-9(8)13-14(10)7-2-4-15-6-7/h7,12H,1-6,11H2. The fourth-order valence-corrected chi connectivity index (χ4v) is 3.54. The summed E-state index contributed by atoms with van der Waals surface area (Å²) in [6.07, 6.45) is 2.24. The van der Waals surface area contributed by atoms with Gasteiger partial charge in [0.05, 0.1) is 11.7 Å². The number of nitrogens with one attached hydrogen (secondary N) is 1. The van der Waals surface area contributed by atoms with E-state index in [0.717, 1.165) is 36.8 Å². The molecular formula is C10H16N4S. The van der Waals surface area contributed by atoms with Gasteiger partial charge < -0.3 is 11.1 Å². The Morgan fingerprint density at radius 1 is 1.53 bits per heavy atom. The van der Waals surface area contributed by atoms with Crippen LogP contribution in [0.1, 0.15) is 23.7 Å². The van der Waals surface area contributed by atoms with Gasteiger partial charge in [0.1, 0.15) is 5.82 Å². The maximum Gasteiger partial charge on any atom is 0.125 e. The van der Waals surface area contributed by atoms with Crippen LogP contribution in [0.25, 0.3) is 0 Å². The van der Waals surface area contributed by atoms with Gasteiger partial charge in [0, 0.05) is 17.9 Å². The second-order valence-electron chi connectivity index (χ2n) is 4.20. The summed E-state index contributed by atoms with van der Waals surface area (Å²) in [6, 6.07) is 0.528. The highest BCUT2D eigenvalue weighted by Crippen LogP contribution is 2.32. The Labute approximate surface area is 93.6 Å². The Morgan fingerprint density at radius 2 is 2.47 bits per heavy atom. The molecule has 1 atom stereocenters. The SMILES string of the molecule is Nc1c2c(nn1C1CCSC1)CNCC2. The van der Waals surface area contributed by atoms with E-state index in [1.54, 1.807) is 0 Å². The molecule has 0 aliphatic carbocycles. The van der Waals surface area contributed by atoms with Crippen molar-refractivity contribution in [3.8, 4) is 0 Å². The molecule has 2 aliphatic rings. The third kappa shape index (κ3) is 1.54. The summed E-state index contributed by atoms with van der Waals surface area (Å²) in [5, 5.41) is 7.98. The van der Waals surface area contributed by atoms with E-state index in [1.807, 2.05) is 11.8 Å². The molecule has 1 saturated heterocycles. The molecule has 1 aromatic heterocycles. The van der Waals surface area contributed by atoms with Crippen molar-refractivity contribution in [3.63, 3.8) is 0 Å². The average molecular weight is 224 g/mol. The zero-order valence-corrected chi connectivity index (χ0v) is 9.52. The number of nitrogens with zero attached hydrogens (tertiary/aromatic N) is 2. The summed E-state index contributed by atoms with van der Waals surface area (Å²) in [7, 11) is 0. The second-order valence-corrected chi connectivity index (χ2v) is 5.35. The lowest BCUT2D eigenvalue weighted by molar-refractivity contribution is 0.501. The van der Waals surface area contributed by atoms with Crippen molar-refractivity contribution in [1.29, 1.82) is 0 Å². The zero-order chi connectivity index (χ0) is 10.3. The smallest absolute Gasteiger partial charge is 0.125 e. The van der Waals surface area contributed by atoms with Crippen molar-refractivity contribution in [2.45, 2.75) is 25.4 Å². The van der Waals surface area contributed by atoms with E-state index in [9.17, 15) is 0 Å². The first-order valence-corrected chi connectivity index (χ1v) is 6.66. The first-order valence-electron chi connectivity index (χ1n) is 5.50. The number of aromatic nitrogens is 2. The van der Waals surface area contributed by atoms with Crippen molar-refractivity contribution < 1.29 is 0 Å². The van der Waals surface area contributed by atoms with Gasteiger partial charge in [-0.25, -0.2) is 4.68 Å². The Balaban J connectivity index is 1.97. The summed E-state index contributed by atoms with van der Waals surface area (Å²) in [5.41, 5.74) is 8.61. The fourth-order valence-electron chi connectivity index (χ4n) is 2.36. The molecule has 0 spiro atoms. The Bertz CT molecular complexity index is 368. The zero-order valence-electron chi connectivity index (χ0n) is 8.70. The molecule has 0 aromatic carbocycles. The van der Waals surface area contributed by atoms with Gasteiger partial charge in [0.15, 0.2) is 0 Å². The van der Waals surface area contributed by atoms with E-state index >= 15 is 0 Å². The minimum atomic E-state index is 0.528. The lowest BCUT2D eigenvalue weighted by Gasteiger charge is -2.12. The normalized spacial score (nSPS) is 25.5. The monoisotopic (exact) mass is 224 g/mol. The molecule has 5 heteroatoms. The number of nitrogens with two attached hydrogens (primary N) is 1. The van der Waals surface area contributed by atoms with E-state index in [0.29, 0.717) is 6.04 Å². The maximum absolute atomic E-state index is 6.17. The average Bonchev–Trinajstić information content (AvgIpc) is 2.87. The number of rotatable bonds is 1. The Morgan fingerprint density at radius 3 is 3.20 bits per heavy atom. The number of anilines is 1. The van der Waals surface area contributed by atoms with E-state index in [4.69, 9.17) is 5.73 Å². The molecule has 0 saturated carbocycles.